The Bertz CT molecular complexity index is 503. The molecule has 0 amide bonds. The monoisotopic (exact) mass is 256 g/mol. The summed E-state index contributed by atoms with van der Waals surface area (Å²) in [6.45, 7) is 2.58. The molecule has 1 aliphatic heterocycles. The lowest BCUT2D eigenvalue weighted by molar-refractivity contribution is 0.314. The van der Waals surface area contributed by atoms with Gasteiger partial charge in [0.15, 0.2) is 0 Å². The molecule has 6 nitrogen and oxygen atoms in total. The second kappa shape index (κ2) is 4.67. The molecule has 0 spiro atoms. The maximum absolute atomic E-state index is 12.2. The molecule has 1 fully saturated rings. The molecule has 0 aromatic carbocycles. The summed E-state index contributed by atoms with van der Waals surface area (Å²) >= 11 is 0. The van der Waals surface area contributed by atoms with Gasteiger partial charge in [-0.2, -0.15) is 4.31 Å². The molecule has 1 aromatic heterocycles. The molecule has 1 aromatic rings. The quantitative estimate of drug-likeness (QED) is 0.746. The Hall–Kier alpha value is -1.05. The van der Waals surface area contributed by atoms with Crippen molar-refractivity contribution in [3.8, 4) is 0 Å². The summed E-state index contributed by atoms with van der Waals surface area (Å²) < 4.78 is 25.8. The molecule has 1 saturated heterocycles. The minimum Gasteiger partial charge on any atom is -0.327 e. The zero-order valence-corrected chi connectivity index (χ0v) is 10.5. The highest BCUT2D eigenvalue weighted by molar-refractivity contribution is 7.88. The molecule has 1 atom stereocenters. The Labute approximate surface area is 101 Å². The van der Waals surface area contributed by atoms with Crippen LogP contribution >= 0.6 is 0 Å². The van der Waals surface area contributed by atoms with E-state index in [4.69, 9.17) is 5.73 Å². The third-order valence-electron chi connectivity index (χ3n) is 2.76. The lowest BCUT2D eigenvalue weighted by Crippen LogP contribution is -2.46. The van der Waals surface area contributed by atoms with Gasteiger partial charge in [-0.3, -0.25) is 0 Å². The maximum atomic E-state index is 12.2. The molecule has 2 heterocycles. The largest absolute Gasteiger partial charge is 0.327 e. The van der Waals surface area contributed by atoms with Crippen LogP contribution in [0.15, 0.2) is 17.4 Å². The fourth-order valence-corrected chi connectivity index (χ4v) is 3.30. The number of sulfonamides is 1. The van der Waals surface area contributed by atoms with Gasteiger partial charge in [0.2, 0.25) is 0 Å². The topological polar surface area (TPSA) is 89.2 Å². The number of aryl methyl sites for hydroxylation is 1. The van der Waals surface area contributed by atoms with Crippen LogP contribution < -0.4 is 5.73 Å². The van der Waals surface area contributed by atoms with E-state index in [0.717, 1.165) is 12.8 Å². The summed E-state index contributed by atoms with van der Waals surface area (Å²) in [5.74, 6) is 0. The molecule has 17 heavy (non-hydrogen) atoms. The maximum Gasteiger partial charge on any atom is 0.278 e. The average molecular weight is 256 g/mol. The van der Waals surface area contributed by atoms with E-state index in [0.29, 0.717) is 18.8 Å². The predicted octanol–water partition coefficient (Wildman–Crippen LogP) is -0.103. The van der Waals surface area contributed by atoms with Gasteiger partial charge < -0.3 is 5.73 Å². The first kappa shape index (κ1) is 12.4. The summed E-state index contributed by atoms with van der Waals surface area (Å²) in [5.41, 5.74) is 6.42. The number of nitrogens with zero attached hydrogens (tertiary/aromatic N) is 3. The first-order chi connectivity index (χ1) is 8.00. The Morgan fingerprint density at radius 2 is 2.29 bits per heavy atom. The van der Waals surface area contributed by atoms with Gasteiger partial charge in [-0.05, 0) is 25.8 Å². The van der Waals surface area contributed by atoms with Crippen LogP contribution in [0.5, 0.6) is 0 Å². The van der Waals surface area contributed by atoms with E-state index in [1.54, 1.807) is 13.0 Å². The molecule has 0 radical (unpaired) electrons. The summed E-state index contributed by atoms with van der Waals surface area (Å²) in [4.78, 5) is 7.79. The van der Waals surface area contributed by atoms with E-state index in [9.17, 15) is 8.42 Å². The number of piperidine rings is 1. The summed E-state index contributed by atoms with van der Waals surface area (Å²) in [6, 6.07) is 1.57. The zero-order valence-electron chi connectivity index (χ0n) is 9.70. The van der Waals surface area contributed by atoms with Gasteiger partial charge in [0.25, 0.3) is 15.2 Å². The third-order valence-corrected chi connectivity index (χ3v) is 4.43. The zero-order chi connectivity index (χ0) is 12.5. The van der Waals surface area contributed by atoms with Crippen LogP contribution in [-0.4, -0.2) is 41.8 Å². The van der Waals surface area contributed by atoms with Crippen LogP contribution in [0.25, 0.3) is 0 Å². The number of rotatable bonds is 2. The van der Waals surface area contributed by atoms with Gasteiger partial charge in [-0.25, -0.2) is 18.4 Å². The van der Waals surface area contributed by atoms with Crippen molar-refractivity contribution < 1.29 is 8.42 Å². The summed E-state index contributed by atoms with van der Waals surface area (Å²) in [7, 11) is -3.59. The standard InChI is InChI=1S/C10H16N4O2S/c1-8-4-5-12-10(13-8)17(15,16)14-6-2-3-9(11)7-14/h4-5,9H,2-3,6-7,11H2,1H3/t9-/m1/s1. The molecule has 7 heteroatoms. The van der Waals surface area contributed by atoms with Crippen molar-refractivity contribution >= 4 is 10.0 Å². The average Bonchev–Trinajstić information content (AvgIpc) is 2.29. The van der Waals surface area contributed by atoms with Crippen molar-refractivity contribution in [3.05, 3.63) is 18.0 Å². The van der Waals surface area contributed by atoms with Gasteiger partial charge in [0.1, 0.15) is 0 Å². The third kappa shape index (κ3) is 2.62. The van der Waals surface area contributed by atoms with Gasteiger partial charge in [0.05, 0.1) is 0 Å². The van der Waals surface area contributed by atoms with Crippen molar-refractivity contribution in [1.82, 2.24) is 14.3 Å². The molecule has 1 aliphatic rings. The number of aromatic nitrogens is 2. The molecule has 94 valence electrons. The highest BCUT2D eigenvalue weighted by atomic mass is 32.2. The van der Waals surface area contributed by atoms with Crippen molar-refractivity contribution in [1.29, 1.82) is 0 Å². The molecular weight excluding hydrogens is 240 g/mol. The molecule has 2 N–H and O–H groups in total. The van der Waals surface area contributed by atoms with Gasteiger partial charge in [-0.1, -0.05) is 0 Å². The van der Waals surface area contributed by atoms with E-state index < -0.39 is 10.0 Å². The molecular formula is C10H16N4O2S. The van der Waals surface area contributed by atoms with Crippen LogP contribution in [-0.2, 0) is 10.0 Å². The van der Waals surface area contributed by atoms with E-state index in [1.807, 2.05) is 0 Å². The Kier molecular flexibility index (Phi) is 3.41. The van der Waals surface area contributed by atoms with E-state index in [1.165, 1.54) is 10.5 Å². The summed E-state index contributed by atoms with van der Waals surface area (Å²) in [6.07, 6.45) is 3.10. The Balaban J connectivity index is 2.29. The number of hydrogen-bond donors (Lipinski definition) is 1. The van der Waals surface area contributed by atoms with Gasteiger partial charge in [-0.15, -0.1) is 0 Å². The normalized spacial score (nSPS) is 22.6. The van der Waals surface area contributed by atoms with E-state index in [-0.39, 0.29) is 11.2 Å². The lowest BCUT2D eigenvalue weighted by Gasteiger charge is -2.29. The van der Waals surface area contributed by atoms with Crippen molar-refractivity contribution in [2.75, 3.05) is 13.1 Å². The second-order valence-electron chi connectivity index (χ2n) is 4.25. The first-order valence-electron chi connectivity index (χ1n) is 5.55. The van der Waals surface area contributed by atoms with Crippen molar-refractivity contribution in [2.24, 2.45) is 5.73 Å². The highest BCUT2D eigenvalue weighted by Gasteiger charge is 2.30. The lowest BCUT2D eigenvalue weighted by atomic mass is 10.1. The SMILES string of the molecule is Cc1ccnc(S(=O)(=O)N2CCC[C@@H](N)C2)n1. The Morgan fingerprint density at radius 3 is 2.94 bits per heavy atom. The molecule has 0 bridgehead atoms. The minimum absolute atomic E-state index is 0.0941. The highest BCUT2D eigenvalue weighted by Crippen LogP contribution is 2.17. The second-order valence-corrected chi connectivity index (χ2v) is 6.08. The Morgan fingerprint density at radius 1 is 1.53 bits per heavy atom. The van der Waals surface area contributed by atoms with Crippen LogP contribution in [0.2, 0.25) is 0 Å². The smallest absolute Gasteiger partial charge is 0.278 e. The molecule has 2 rings (SSSR count). The molecule has 0 saturated carbocycles. The van der Waals surface area contributed by atoms with Crippen LogP contribution in [0.1, 0.15) is 18.5 Å². The summed E-state index contributed by atoms with van der Waals surface area (Å²) in [5, 5.41) is -0.133. The van der Waals surface area contributed by atoms with Crippen molar-refractivity contribution in [2.45, 2.75) is 31.0 Å². The number of hydrogen-bond acceptors (Lipinski definition) is 5. The number of nitrogens with two attached hydrogens (primary N) is 1. The first-order valence-corrected chi connectivity index (χ1v) is 6.99. The van der Waals surface area contributed by atoms with E-state index >= 15 is 0 Å². The fraction of sp³-hybridized carbons (Fsp3) is 0.600. The van der Waals surface area contributed by atoms with Crippen LogP contribution in [0.4, 0.5) is 0 Å². The fourth-order valence-electron chi connectivity index (χ4n) is 1.86. The predicted molar refractivity (Wildman–Crippen MR) is 62.7 cm³/mol. The van der Waals surface area contributed by atoms with Crippen LogP contribution in [0.3, 0.4) is 0 Å². The molecule has 0 unspecified atom stereocenters. The van der Waals surface area contributed by atoms with Crippen molar-refractivity contribution in [3.63, 3.8) is 0 Å². The van der Waals surface area contributed by atoms with Gasteiger partial charge >= 0.3 is 0 Å². The van der Waals surface area contributed by atoms with Gasteiger partial charge in [0, 0.05) is 31.0 Å². The minimum atomic E-state index is -3.59. The molecule has 0 aliphatic carbocycles. The van der Waals surface area contributed by atoms with Crippen LogP contribution in [0, 0.1) is 6.92 Å². The van der Waals surface area contributed by atoms with E-state index in [2.05, 4.69) is 9.97 Å².